The third-order valence-corrected chi connectivity index (χ3v) is 3.17. The molecule has 0 radical (unpaired) electrons. The smallest absolute Gasteiger partial charge is 0.283 e. The number of nitrogens with zero attached hydrogens (tertiary/aromatic N) is 2. The molecule has 20 heavy (non-hydrogen) atoms. The maximum absolute atomic E-state index is 12.6. The highest BCUT2D eigenvalue weighted by Gasteiger charge is 2.21. The fourth-order valence-electron chi connectivity index (χ4n) is 1.63. The molecule has 0 atom stereocenters. The third kappa shape index (κ3) is 3.16. The van der Waals surface area contributed by atoms with Crippen molar-refractivity contribution in [3.05, 3.63) is 40.6 Å². The van der Waals surface area contributed by atoms with Crippen molar-refractivity contribution in [2.45, 2.75) is 26.4 Å². The van der Waals surface area contributed by atoms with E-state index in [9.17, 15) is 13.6 Å². The van der Waals surface area contributed by atoms with Gasteiger partial charge in [-0.05, 0) is 19.1 Å². The molecule has 0 aliphatic rings. The molecule has 2 aromatic rings. The third-order valence-electron chi connectivity index (χ3n) is 2.70. The lowest BCUT2D eigenvalue weighted by Crippen LogP contribution is -2.27. The van der Waals surface area contributed by atoms with E-state index in [4.69, 9.17) is 16.0 Å². The molecule has 0 unspecified atom stereocenters. The summed E-state index contributed by atoms with van der Waals surface area (Å²) in [6.45, 7) is 1.57. The van der Waals surface area contributed by atoms with Gasteiger partial charge in [0.15, 0.2) is 0 Å². The lowest BCUT2D eigenvalue weighted by Gasteiger charge is -2.05. The predicted molar refractivity (Wildman–Crippen MR) is 67.5 cm³/mol. The summed E-state index contributed by atoms with van der Waals surface area (Å²) in [5, 5.41) is 6.13. The summed E-state index contributed by atoms with van der Waals surface area (Å²) in [6, 6.07) is 3.42. The Morgan fingerprint density at radius 1 is 1.60 bits per heavy atom. The van der Waals surface area contributed by atoms with Crippen molar-refractivity contribution in [3.63, 3.8) is 0 Å². The van der Waals surface area contributed by atoms with Gasteiger partial charge in [0, 0.05) is 0 Å². The maximum Gasteiger partial charge on any atom is 0.283 e. The van der Waals surface area contributed by atoms with Crippen LogP contribution in [0.5, 0.6) is 0 Å². The largest absolute Gasteiger partial charge is 0.467 e. The fourth-order valence-corrected chi connectivity index (χ4v) is 1.85. The van der Waals surface area contributed by atoms with Crippen molar-refractivity contribution in [1.29, 1.82) is 0 Å². The van der Waals surface area contributed by atoms with Crippen LogP contribution in [0.3, 0.4) is 0 Å². The Balaban J connectivity index is 1.99. The summed E-state index contributed by atoms with van der Waals surface area (Å²) in [5.74, 6) is 0.228. The molecule has 2 rings (SSSR count). The number of aromatic nitrogens is 2. The van der Waals surface area contributed by atoms with Crippen molar-refractivity contribution in [2.24, 2.45) is 0 Å². The second-order valence-corrected chi connectivity index (χ2v) is 4.48. The van der Waals surface area contributed by atoms with Crippen LogP contribution in [0.2, 0.25) is 5.02 Å². The zero-order valence-electron chi connectivity index (χ0n) is 10.6. The lowest BCUT2D eigenvalue weighted by molar-refractivity contribution is -0.122. The van der Waals surface area contributed by atoms with Gasteiger partial charge in [0.1, 0.15) is 18.0 Å². The van der Waals surface area contributed by atoms with Crippen LogP contribution < -0.4 is 5.32 Å². The van der Waals surface area contributed by atoms with Crippen LogP contribution in [0.25, 0.3) is 0 Å². The number of hydrogen-bond acceptors (Lipinski definition) is 3. The average molecular weight is 304 g/mol. The van der Waals surface area contributed by atoms with Crippen molar-refractivity contribution in [1.82, 2.24) is 15.1 Å². The van der Waals surface area contributed by atoms with Gasteiger partial charge in [0.2, 0.25) is 5.91 Å². The van der Waals surface area contributed by atoms with Crippen LogP contribution in [-0.2, 0) is 17.9 Å². The maximum atomic E-state index is 12.6. The SMILES string of the molecule is Cc1c(Cl)c(C(F)F)nn1CC(=O)NCc1ccco1. The number of halogens is 3. The highest BCUT2D eigenvalue weighted by atomic mass is 35.5. The monoisotopic (exact) mass is 303 g/mol. The first-order valence-electron chi connectivity index (χ1n) is 5.79. The van der Waals surface area contributed by atoms with Crippen LogP contribution in [-0.4, -0.2) is 15.7 Å². The molecular formula is C12H12ClF2N3O2. The molecule has 0 aliphatic heterocycles. The van der Waals surface area contributed by atoms with E-state index in [1.54, 1.807) is 12.1 Å². The second-order valence-electron chi connectivity index (χ2n) is 4.10. The minimum Gasteiger partial charge on any atom is -0.467 e. The van der Waals surface area contributed by atoms with Crippen molar-refractivity contribution < 1.29 is 18.0 Å². The number of alkyl halides is 2. The standard InChI is InChI=1S/C12H12ClF2N3O2/c1-7-10(13)11(12(14)15)17-18(7)6-9(19)16-5-8-3-2-4-20-8/h2-4,12H,5-6H2,1H3,(H,16,19). The summed E-state index contributed by atoms with van der Waals surface area (Å²) >= 11 is 5.74. The van der Waals surface area contributed by atoms with E-state index in [0.717, 1.165) is 4.68 Å². The number of nitrogens with one attached hydrogen (secondary N) is 1. The molecule has 1 amide bonds. The highest BCUT2D eigenvalue weighted by Crippen LogP contribution is 2.28. The number of rotatable bonds is 5. The number of carbonyl (C=O) groups excluding carboxylic acids is 1. The Hall–Kier alpha value is -1.89. The minimum atomic E-state index is -2.77. The van der Waals surface area contributed by atoms with Gasteiger partial charge in [-0.2, -0.15) is 5.10 Å². The molecule has 5 nitrogen and oxygen atoms in total. The molecule has 1 N–H and O–H groups in total. The average Bonchev–Trinajstić information content (AvgIpc) is 3.00. The second kappa shape index (κ2) is 6.04. The van der Waals surface area contributed by atoms with E-state index in [-0.39, 0.29) is 24.0 Å². The first-order chi connectivity index (χ1) is 9.49. The van der Waals surface area contributed by atoms with Crippen LogP contribution in [0.15, 0.2) is 22.8 Å². The summed E-state index contributed by atoms with van der Waals surface area (Å²) in [6.07, 6.45) is -1.28. The van der Waals surface area contributed by atoms with Gasteiger partial charge >= 0.3 is 0 Å². The molecule has 108 valence electrons. The van der Waals surface area contributed by atoms with E-state index in [1.165, 1.54) is 13.2 Å². The molecule has 0 saturated carbocycles. The van der Waals surface area contributed by atoms with E-state index >= 15 is 0 Å². The Kier molecular flexibility index (Phi) is 4.39. The Bertz CT molecular complexity index is 596. The van der Waals surface area contributed by atoms with Gasteiger partial charge in [0.25, 0.3) is 6.43 Å². The highest BCUT2D eigenvalue weighted by molar-refractivity contribution is 6.31. The predicted octanol–water partition coefficient (Wildman–Crippen LogP) is 2.69. The molecule has 0 aliphatic carbocycles. The van der Waals surface area contributed by atoms with Crippen LogP contribution in [0.1, 0.15) is 23.6 Å². The van der Waals surface area contributed by atoms with Gasteiger partial charge < -0.3 is 9.73 Å². The Morgan fingerprint density at radius 2 is 2.35 bits per heavy atom. The summed E-state index contributed by atoms with van der Waals surface area (Å²) in [7, 11) is 0. The van der Waals surface area contributed by atoms with Crippen molar-refractivity contribution in [2.75, 3.05) is 0 Å². The number of amides is 1. The van der Waals surface area contributed by atoms with Gasteiger partial charge in [-0.1, -0.05) is 11.6 Å². The Labute approximate surface area is 118 Å². The molecule has 0 fully saturated rings. The van der Waals surface area contributed by atoms with Crippen LogP contribution in [0, 0.1) is 6.92 Å². The molecule has 2 aromatic heterocycles. The van der Waals surface area contributed by atoms with E-state index in [1.807, 2.05) is 0 Å². The number of hydrogen-bond donors (Lipinski definition) is 1. The molecule has 2 heterocycles. The first kappa shape index (κ1) is 14.5. The molecule has 0 bridgehead atoms. The van der Waals surface area contributed by atoms with Crippen LogP contribution in [0.4, 0.5) is 8.78 Å². The lowest BCUT2D eigenvalue weighted by atomic mass is 10.4. The normalized spacial score (nSPS) is 11.1. The summed E-state index contributed by atoms with van der Waals surface area (Å²) in [4.78, 5) is 11.7. The molecule has 0 aromatic carbocycles. The van der Waals surface area contributed by atoms with Crippen LogP contribution >= 0.6 is 11.6 Å². The molecular weight excluding hydrogens is 292 g/mol. The quantitative estimate of drug-likeness (QED) is 0.924. The zero-order chi connectivity index (χ0) is 14.7. The minimum absolute atomic E-state index is 0.112. The van der Waals surface area contributed by atoms with Gasteiger partial charge in [-0.25, -0.2) is 8.78 Å². The number of carbonyl (C=O) groups is 1. The van der Waals surface area contributed by atoms with E-state index in [0.29, 0.717) is 11.5 Å². The molecule has 0 spiro atoms. The summed E-state index contributed by atoms with van der Waals surface area (Å²) in [5.41, 5.74) is -0.182. The van der Waals surface area contributed by atoms with Gasteiger partial charge in [0.05, 0.1) is 23.5 Å². The van der Waals surface area contributed by atoms with E-state index < -0.39 is 12.1 Å². The van der Waals surface area contributed by atoms with E-state index in [2.05, 4.69) is 10.4 Å². The molecule has 8 heteroatoms. The zero-order valence-corrected chi connectivity index (χ0v) is 11.3. The van der Waals surface area contributed by atoms with Gasteiger partial charge in [-0.3, -0.25) is 9.48 Å². The topological polar surface area (TPSA) is 60.1 Å². The summed E-state index contributed by atoms with van der Waals surface area (Å²) < 4.78 is 31.4. The molecule has 0 saturated heterocycles. The Morgan fingerprint density at radius 3 is 2.90 bits per heavy atom. The number of furan rings is 1. The van der Waals surface area contributed by atoms with Gasteiger partial charge in [-0.15, -0.1) is 0 Å². The van der Waals surface area contributed by atoms with Crippen molar-refractivity contribution in [3.8, 4) is 0 Å². The fraction of sp³-hybridized carbons (Fsp3) is 0.333. The van der Waals surface area contributed by atoms with Crippen molar-refractivity contribution >= 4 is 17.5 Å². The first-order valence-corrected chi connectivity index (χ1v) is 6.17.